The van der Waals surface area contributed by atoms with Crippen LogP contribution in [0.15, 0.2) is 18.2 Å². The molecule has 58 valence electrons. The second-order valence-corrected chi connectivity index (χ2v) is 2.67. The molecule has 1 aliphatic rings. The maximum atomic E-state index is 5.84. The van der Waals surface area contributed by atoms with E-state index in [1.165, 1.54) is 0 Å². The van der Waals surface area contributed by atoms with E-state index in [1.54, 1.807) is 6.07 Å². The van der Waals surface area contributed by atoms with Crippen molar-refractivity contribution in [1.29, 1.82) is 0 Å². The Morgan fingerprint density at radius 3 is 2.82 bits per heavy atom. The van der Waals surface area contributed by atoms with Crippen LogP contribution in [0.25, 0.3) is 0 Å². The zero-order valence-electron chi connectivity index (χ0n) is 5.84. The zero-order chi connectivity index (χ0) is 7.68. The van der Waals surface area contributed by atoms with E-state index < -0.39 is 0 Å². The summed E-state index contributed by atoms with van der Waals surface area (Å²) in [5.74, 6) is 1.41. The van der Waals surface area contributed by atoms with Gasteiger partial charge in [-0.1, -0.05) is 17.7 Å². The molecule has 0 saturated carbocycles. The van der Waals surface area contributed by atoms with Gasteiger partial charge in [0.1, 0.15) is 13.2 Å². The van der Waals surface area contributed by atoms with E-state index in [-0.39, 0.29) is 0 Å². The third kappa shape index (κ3) is 1.14. The predicted octanol–water partition coefficient (Wildman–Crippen LogP) is 2.11. The molecule has 3 heteroatoms. The van der Waals surface area contributed by atoms with Crippen LogP contribution in [-0.2, 0) is 0 Å². The molecule has 0 radical (unpaired) electrons. The highest BCUT2D eigenvalue weighted by Crippen LogP contribution is 2.36. The highest BCUT2D eigenvalue weighted by Gasteiger charge is 2.13. The number of benzene rings is 1. The molecule has 0 spiro atoms. The molecule has 0 aliphatic carbocycles. The van der Waals surface area contributed by atoms with Gasteiger partial charge in [0.15, 0.2) is 11.5 Å². The molecule has 1 aromatic rings. The molecule has 1 aromatic carbocycles. The summed E-state index contributed by atoms with van der Waals surface area (Å²) in [4.78, 5) is 0. The van der Waals surface area contributed by atoms with Gasteiger partial charge in [-0.05, 0) is 12.1 Å². The van der Waals surface area contributed by atoms with Crippen molar-refractivity contribution in [2.24, 2.45) is 0 Å². The summed E-state index contributed by atoms with van der Waals surface area (Å²) < 4.78 is 10.6. The quantitative estimate of drug-likeness (QED) is 0.594. The van der Waals surface area contributed by atoms with Crippen molar-refractivity contribution in [3.8, 4) is 11.5 Å². The average Bonchev–Trinajstić information content (AvgIpc) is 2.06. The Balaban J connectivity index is 2.49. The van der Waals surface area contributed by atoms with Crippen molar-refractivity contribution >= 4 is 11.6 Å². The summed E-state index contributed by atoms with van der Waals surface area (Å²) in [6.45, 7) is 1.18. The Morgan fingerprint density at radius 1 is 1.18 bits per heavy atom. The zero-order valence-corrected chi connectivity index (χ0v) is 6.60. The number of para-hydroxylation sites is 1. The van der Waals surface area contributed by atoms with Crippen molar-refractivity contribution in [3.05, 3.63) is 23.2 Å². The van der Waals surface area contributed by atoms with Gasteiger partial charge in [0.25, 0.3) is 0 Å². The first kappa shape index (κ1) is 6.80. The van der Waals surface area contributed by atoms with Gasteiger partial charge in [-0.25, -0.2) is 0 Å². The van der Waals surface area contributed by atoms with Crippen LogP contribution in [0, 0.1) is 0 Å². The molecule has 0 atom stereocenters. The number of hydrogen-bond donors (Lipinski definition) is 0. The summed E-state index contributed by atoms with van der Waals surface area (Å²) in [5.41, 5.74) is 0. The van der Waals surface area contributed by atoms with E-state index in [2.05, 4.69) is 0 Å². The molecular weight excluding hydrogens is 164 g/mol. The number of rotatable bonds is 0. The minimum atomic E-state index is 0.580. The van der Waals surface area contributed by atoms with Crippen LogP contribution in [-0.4, -0.2) is 13.2 Å². The Hall–Kier alpha value is -0.890. The standard InChI is InChI=1S/C8H7ClO2/c9-6-2-1-3-7-8(6)11-5-4-10-7/h1-3H,4-5H2. The SMILES string of the molecule is Clc1cccc2c1OCCO2. The first-order valence-electron chi connectivity index (χ1n) is 3.42. The molecule has 0 amide bonds. The topological polar surface area (TPSA) is 18.5 Å². The molecule has 0 N–H and O–H groups in total. The Morgan fingerprint density at radius 2 is 2.00 bits per heavy atom. The summed E-state index contributed by atoms with van der Waals surface area (Å²) in [6.07, 6.45) is 0. The van der Waals surface area contributed by atoms with Crippen LogP contribution in [0.5, 0.6) is 11.5 Å². The van der Waals surface area contributed by atoms with Crippen molar-refractivity contribution in [2.45, 2.75) is 0 Å². The smallest absolute Gasteiger partial charge is 0.179 e. The number of hydrogen-bond acceptors (Lipinski definition) is 2. The van der Waals surface area contributed by atoms with Crippen LogP contribution in [0.2, 0.25) is 5.02 Å². The summed E-state index contributed by atoms with van der Waals surface area (Å²) in [5, 5.41) is 0.613. The molecule has 0 bridgehead atoms. The van der Waals surface area contributed by atoms with Crippen molar-refractivity contribution in [2.75, 3.05) is 13.2 Å². The first-order chi connectivity index (χ1) is 5.38. The molecule has 0 saturated heterocycles. The van der Waals surface area contributed by atoms with Crippen LogP contribution in [0.1, 0.15) is 0 Å². The largest absolute Gasteiger partial charge is 0.486 e. The van der Waals surface area contributed by atoms with Crippen molar-refractivity contribution in [3.63, 3.8) is 0 Å². The summed E-state index contributed by atoms with van der Waals surface area (Å²) >= 11 is 5.84. The van der Waals surface area contributed by atoms with E-state index in [4.69, 9.17) is 21.1 Å². The highest BCUT2D eigenvalue weighted by atomic mass is 35.5. The first-order valence-corrected chi connectivity index (χ1v) is 3.80. The summed E-state index contributed by atoms with van der Waals surface area (Å²) in [7, 11) is 0. The lowest BCUT2D eigenvalue weighted by Gasteiger charge is -2.18. The molecule has 1 aliphatic heterocycles. The molecule has 0 aromatic heterocycles. The number of halogens is 1. The van der Waals surface area contributed by atoms with E-state index in [9.17, 15) is 0 Å². The fraction of sp³-hybridized carbons (Fsp3) is 0.250. The van der Waals surface area contributed by atoms with Crippen LogP contribution < -0.4 is 9.47 Å². The van der Waals surface area contributed by atoms with Crippen molar-refractivity contribution < 1.29 is 9.47 Å². The fourth-order valence-corrected chi connectivity index (χ4v) is 1.26. The average molecular weight is 171 g/mol. The predicted molar refractivity (Wildman–Crippen MR) is 42.4 cm³/mol. The molecule has 2 nitrogen and oxygen atoms in total. The van der Waals surface area contributed by atoms with Gasteiger partial charge in [0.2, 0.25) is 0 Å². The van der Waals surface area contributed by atoms with Gasteiger partial charge >= 0.3 is 0 Å². The molecule has 0 fully saturated rings. The van der Waals surface area contributed by atoms with Gasteiger partial charge in [-0.2, -0.15) is 0 Å². The Labute approximate surface area is 69.7 Å². The van der Waals surface area contributed by atoms with Crippen LogP contribution in [0.4, 0.5) is 0 Å². The third-order valence-electron chi connectivity index (χ3n) is 1.52. The van der Waals surface area contributed by atoms with Gasteiger partial charge < -0.3 is 9.47 Å². The van der Waals surface area contributed by atoms with Gasteiger partial charge in [-0.15, -0.1) is 0 Å². The molecule has 0 unspecified atom stereocenters. The van der Waals surface area contributed by atoms with E-state index in [1.807, 2.05) is 12.1 Å². The molecule has 2 rings (SSSR count). The fourth-order valence-electron chi connectivity index (χ4n) is 1.04. The van der Waals surface area contributed by atoms with E-state index in [0.29, 0.717) is 24.0 Å². The Kier molecular flexibility index (Phi) is 1.62. The summed E-state index contributed by atoms with van der Waals surface area (Å²) in [6, 6.07) is 5.48. The minimum absolute atomic E-state index is 0.580. The Bertz CT molecular complexity index is 273. The number of fused-ring (bicyclic) bond motifs is 1. The second kappa shape index (κ2) is 2.62. The lowest BCUT2D eigenvalue weighted by atomic mass is 10.3. The lowest BCUT2D eigenvalue weighted by molar-refractivity contribution is 0.171. The highest BCUT2D eigenvalue weighted by molar-refractivity contribution is 6.32. The maximum Gasteiger partial charge on any atom is 0.179 e. The molecular formula is C8H7ClO2. The van der Waals surface area contributed by atoms with Gasteiger partial charge in [0, 0.05) is 0 Å². The number of ether oxygens (including phenoxy) is 2. The maximum absolute atomic E-state index is 5.84. The van der Waals surface area contributed by atoms with E-state index in [0.717, 1.165) is 5.75 Å². The van der Waals surface area contributed by atoms with Crippen LogP contribution in [0.3, 0.4) is 0 Å². The lowest BCUT2D eigenvalue weighted by Crippen LogP contribution is -2.15. The van der Waals surface area contributed by atoms with E-state index >= 15 is 0 Å². The monoisotopic (exact) mass is 170 g/mol. The van der Waals surface area contributed by atoms with Gasteiger partial charge in [0.05, 0.1) is 5.02 Å². The molecule has 1 heterocycles. The third-order valence-corrected chi connectivity index (χ3v) is 1.82. The van der Waals surface area contributed by atoms with Gasteiger partial charge in [-0.3, -0.25) is 0 Å². The molecule has 11 heavy (non-hydrogen) atoms. The van der Waals surface area contributed by atoms with Crippen LogP contribution >= 0.6 is 11.6 Å². The normalized spacial score (nSPS) is 14.6. The van der Waals surface area contributed by atoms with Crippen molar-refractivity contribution in [1.82, 2.24) is 0 Å². The minimum Gasteiger partial charge on any atom is -0.486 e. The second-order valence-electron chi connectivity index (χ2n) is 2.26.